The Kier molecular flexibility index (Phi) is 7.51. The van der Waals surface area contributed by atoms with Gasteiger partial charge in [-0.2, -0.15) is 0 Å². The van der Waals surface area contributed by atoms with Crippen molar-refractivity contribution in [3.8, 4) is 0 Å². The Bertz CT molecular complexity index is 91.8. The van der Waals surface area contributed by atoms with E-state index in [1.54, 1.807) is 0 Å². The van der Waals surface area contributed by atoms with Crippen molar-refractivity contribution in [3.63, 3.8) is 0 Å². The first-order valence-corrected chi connectivity index (χ1v) is 5.02. The summed E-state index contributed by atoms with van der Waals surface area (Å²) in [5, 5.41) is 3.36. The Morgan fingerprint density at radius 2 is 1.92 bits per heavy atom. The third-order valence-corrected chi connectivity index (χ3v) is 2.20. The van der Waals surface area contributed by atoms with Gasteiger partial charge in [0.2, 0.25) is 0 Å². The van der Waals surface area contributed by atoms with Crippen molar-refractivity contribution in [1.29, 1.82) is 0 Å². The third-order valence-electron chi connectivity index (χ3n) is 2.20. The molecule has 0 aliphatic rings. The van der Waals surface area contributed by atoms with Crippen LogP contribution in [-0.4, -0.2) is 38.6 Å². The molecule has 0 saturated carbocycles. The van der Waals surface area contributed by atoms with Crippen LogP contribution in [0.5, 0.6) is 0 Å². The Balaban J connectivity index is 3.31. The fourth-order valence-corrected chi connectivity index (χ4v) is 1.44. The molecule has 1 N–H and O–H groups in total. The number of nitrogens with one attached hydrogen (secondary N) is 1. The maximum Gasteiger partial charge on any atom is 0.00644 e. The lowest BCUT2D eigenvalue weighted by atomic mass is 10.1. The van der Waals surface area contributed by atoms with Crippen LogP contribution < -0.4 is 5.32 Å². The molecule has 0 spiro atoms. The van der Waals surface area contributed by atoms with Crippen molar-refractivity contribution in [2.45, 2.75) is 38.6 Å². The predicted octanol–water partition coefficient (Wildman–Crippen LogP) is 1.72. The van der Waals surface area contributed by atoms with Crippen molar-refractivity contribution < 1.29 is 0 Å². The van der Waals surface area contributed by atoms with Gasteiger partial charge in [0.25, 0.3) is 0 Å². The van der Waals surface area contributed by atoms with Crippen molar-refractivity contribution >= 4 is 0 Å². The van der Waals surface area contributed by atoms with Gasteiger partial charge in [-0.15, -0.1) is 0 Å². The van der Waals surface area contributed by atoms with Gasteiger partial charge < -0.3 is 10.2 Å². The largest absolute Gasteiger partial charge is 0.317 e. The Morgan fingerprint density at radius 1 is 1.25 bits per heavy atom. The number of hydrogen-bond donors (Lipinski definition) is 1. The Labute approximate surface area is 77.3 Å². The van der Waals surface area contributed by atoms with Gasteiger partial charge in [0.1, 0.15) is 0 Å². The second-order valence-corrected chi connectivity index (χ2v) is 3.72. The highest BCUT2D eigenvalue weighted by molar-refractivity contribution is 4.63. The Hall–Kier alpha value is -0.0800. The van der Waals surface area contributed by atoms with E-state index in [1.807, 2.05) is 0 Å². The summed E-state index contributed by atoms with van der Waals surface area (Å²) in [7, 11) is 6.33. The quantitative estimate of drug-likeness (QED) is 0.629. The second kappa shape index (κ2) is 7.56. The lowest BCUT2D eigenvalue weighted by Crippen LogP contribution is -2.26. The minimum atomic E-state index is 0.731. The van der Waals surface area contributed by atoms with E-state index in [9.17, 15) is 0 Å². The molecule has 0 rings (SSSR count). The molecule has 0 aromatic heterocycles. The highest BCUT2D eigenvalue weighted by Gasteiger charge is 2.03. The minimum Gasteiger partial charge on any atom is -0.317 e. The molecule has 2 nitrogen and oxygen atoms in total. The van der Waals surface area contributed by atoms with Crippen LogP contribution in [0.25, 0.3) is 0 Å². The molecule has 0 aromatic carbocycles. The van der Waals surface area contributed by atoms with Crippen LogP contribution in [0.2, 0.25) is 0 Å². The summed E-state index contributed by atoms with van der Waals surface area (Å²) in [6.45, 7) is 3.46. The molecular formula is C10H24N2. The molecule has 0 heterocycles. The molecule has 12 heavy (non-hydrogen) atoms. The summed E-state index contributed by atoms with van der Waals surface area (Å²) in [6.07, 6.45) is 5.21. The molecule has 2 heteroatoms. The van der Waals surface area contributed by atoms with Crippen LogP contribution in [-0.2, 0) is 0 Å². The fraction of sp³-hybridized carbons (Fsp3) is 1.00. The van der Waals surface area contributed by atoms with Gasteiger partial charge in [-0.05, 0) is 47.0 Å². The maximum atomic E-state index is 3.36. The van der Waals surface area contributed by atoms with E-state index in [2.05, 4.69) is 38.3 Å². The van der Waals surface area contributed by atoms with Crippen LogP contribution in [0, 0.1) is 0 Å². The molecular weight excluding hydrogens is 148 g/mol. The van der Waals surface area contributed by atoms with Crippen molar-refractivity contribution in [1.82, 2.24) is 10.2 Å². The van der Waals surface area contributed by atoms with E-state index < -0.39 is 0 Å². The molecule has 0 aliphatic heterocycles. The van der Waals surface area contributed by atoms with Crippen LogP contribution in [0.3, 0.4) is 0 Å². The van der Waals surface area contributed by atoms with E-state index in [-0.39, 0.29) is 0 Å². The predicted molar refractivity (Wildman–Crippen MR) is 55.5 cm³/mol. The first-order chi connectivity index (χ1) is 5.70. The number of rotatable bonds is 7. The van der Waals surface area contributed by atoms with Crippen LogP contribution in [0.15, 0.2) is 0 Å². The number of hydrogen-bond acceptors (Lipinski definition) is 2. The molecule has 1 unspecified atom stereocenters. The van der Waals surface area contributed by atoms with E-state index >= 15 is 0 Å². The van der Waals surface area contributed by atoms with Crippen molar-refractivity contribution in [2.24, 2.45) is 0 Å². The lowest BCUT2D eigenvalue weighted by Gasteiger charge is -2.16. The minimum absolute atomic E-state index is 0.731. The first kappa shape index (κ1) is 11.9. The zero-order valence-electron chi connectivity index (χ0n) is 9.06. The molecule has 74 valence electrons. The van der Waals surface area contributed by atoms with E-state index in [0.717, 1.165) is 6.04 Å². The van der Waals surface area contributed by atoms with Gasteiger partial charge in [0.15, 0.2) is 0 Å². The van der Waals surface area contributed by atoms with E-state index in [0.29, 0.717) is 0 Å². The average Bonchev–Trinajstić information content (AvgIpc) is 2.02. The van der Waals surface area contributed by atoms with Crippen LogP contribution >= 0.6 is 0 Å². The Morgan fingerprint density at radius 3 is 2.33 bits per heavy atom. The van der Waals surface area contributed by atoms with Crippen molar-refractivity contribution in [2.75, 3.05) is 27.7 Å². The van der Waals surface area contributed by atoms with Gasteiger partial charge in [0.05, 0.1) is 0 Å². The van der Waals surface area contributed by atoms with E-state index in [4.69, 9.17) is 0 Å². The van der Waals surface area contributed by atoms with Gasteiger partial charge in [-0.3, -0.25) is 0 Å². The SMILES string of the molecule is CCCC(CCCN(C)C)NC. The lowest BCUT2D eigenvalue weighted by molar-refractivity contribution is 0.369. The standard InChI is InChI=1S/C10H24N2/c1-5-7-10(11-2)8-6-9-12(3)4/h10-11H,5-9H2,1-4H3. The average molecular weight is 172 g/mol. The van der Waals surface area contributed by atoms with E-state index in [1.165, 1.54) is 32.2 Å². The summed E-state index contributed by atoms with van der Waals surface area (Å²) >= 11 is 0. The fourth-order valence-electron chi connectivity index (χ4n) is 1.44. The number of nitrogens with zero attached hydrogens (tertiary/aromatic N) is 1. The van der Waals surface area contributed by atoms with Crippen LogP contribution in [0.1, 0.15) is 32.6 Å². The second-order valence-electron chi connectivity index (χ2n) is 3.72. The zero-order valence-corrected chi connectivity index (χ0v) is 9.06. The zero-order chi connectivity index (χ0) is 9.40. The molecule has 0 saturated heterocycles. The molecule has 0 aliphatic carbocycles. The van der Waals surface area contributed by atoms with Gasteiger partial charge >= 0.3 is 0 Å². The molecule has 0 fully saturated rings. The molecule has 0 bridgehead atoms. The smallest absolute Gasteiger partial charge is 0.00644 e. The topological polar surface area (TPSA) is 15.3 Å². The maximum absolute atomic E-state index is 3.36. The van der Waals surface area contributed by atoms with Crippen LogP contribution in [0.4, 0.5) is 0 Å². The summed E-state index contributed by atoms with van der Waals surface area (Å²) < 4.78 is 0. The molecule has 0 radical (unpaired) electrons. The van der Waals surface area contributed by atoms with Crippen molar-refractivity contribution in [3.05, 3.63) is 0 Å². The monoisotopic (exact) mass is 172 g/mol. The van der Waals surface area contributed by atoms with Gasteiger partial charge in [-0.1, -0.05) is 13.3 Å². The normalized spacial score (nSPS) is 13.8. The summed E-state index contributed by atoms with van der Waals surface area (Å²) in [4.78, 5) is 2.25. The molecule has 1 atom stereocenters. The highest BCUT2D eigenvalue weighted by Crippen LogP contribution is 2.04. The molecule has 0 aromatic rings. The summed E-state index contributed by atoms with van der Waals surface area (Å²) in [6, 6.07) is 0.731. The van der Waals surface area contributed by atoms with Gasteiger partial charge in [0, 0.05) is 6.04 Å². The summed E-state index contributed by atoms with van der Waals surface area (Å²) in [5.41, 5.74) is 0. The van der Waals surface area contributed by atoms with Gasteiger partial charge in [-0.25, -0.2) is 0 Å². The summed E-state index contributed by atoms with van der Waals surface area (Å²) in [5.74, 6) is 0. The first-order valence-electron chi connectivity index (χ1n) is 5.02. The highest BCUT2D eigenvalue weighted by atomic mass is 15.0. The molecule has 0 amide bonds. The third kappa shape index (κ3) is 6.62.